The van der Waals surface area contributed by atoms with Crippen LogP contribution in [0.3, 0.4) is 0 Å². The zero-order valence-corrected chi connectivity index (χ0v) is 9.96. The van der Waals surface area contributed by atoms with Gasteiger partial charge in [0, 0.05) is 25.1 Å². The molecule has 94 valence electrons. The standard InChI is InChI=1S/C11H9ClN2O4/c12-11(16)7-4-10(15)13(6-7)8-2-1-3-9(5-8)14(17)18/h1-3,5,7H,4,6H2/t7-/m0/s1. The van der Waals surface area contributed by atoms with Gasteiger partial charge in [-0.25, -0.2) is 0 Å². The molecule has 1 saturated heterocycles. The zero-order valence-electron chi connectivity index (χ0n) is 9.21. The number of nitro groups is 1. The van der Waals surface area contributed by atoms with Crippen molar-refractivity contribution in [2.45, 2.75) is 6.42 Å². The van der Waals surface area contributed by atoms with E-state index in [2.05, 4.69) is 0 Å². The predicted octanol–water partition coefficient (Wildman–Crippen LogP) is 1.71. The van der Waals surface area contributed by atoms with Crippen LogP contribution in [0.1, 0.15) is 6.42 Å². The first-order valence-corrected chi connectivity index (χ1v) is 5.61. The van der Waals surface area contributed by atoms with Gasteiger partial charge in [0.05, 0.1) is 16.5 Å². The molecule has 0 unspecified atom stereocenters. The topological polar surface area (TPSA) is 80.5 Å². The van der Waals surface area contributed by atoms with Crippen molar-refractivity contribution in [2.75, 3.05) is 11.4 Å². The van der Waals surface area contributed by atoms with Gasteiger partial charge in [0.1, 0.15) is 0 Å². The van der Waals surface area contributed by atoms with Crippen LogP contribution in [0, 0.1) is 16.0 Å². The molecule has 6 nitrogen and oxygen atoms in total. The molecule has 1 aliphatic rings. The van der Waals surface area contributed by atoms with Crippen LogP contribution in [0.5, 0.6) is 0 Å². The zero-order chi connectivity index (χ0) is 13.3. The second-order valence-electron chi connectivity index (χ2n) is 3.99. The summed E-state index contributed by atoms with van der Waals surface area (Å²) in [6.45, 7) is 0.169. The van der Waals surface area contributed by atoms with Crippen LogP contribution >= 0.6 is 11.6 Å². The Kier molecular flexibility index (Phi) is 3.29. The number of nitro benzene ring substituents is 1. The molecule has 1 aromatic rings. The van der Waals surface area contributed by atoms with E-state index < -0.39 is 16.1 Å². The highest BCUT2D eigenvalue weighted by atomic mass is 35.5. The molecule has 2 rings (SSSR count). The van der Waals surface area contributed by atoms with Crippen LogP contribution in [0.15, 0.2) is 24.3 Å². The summed E-state index contributed by atoms with van der Waals surface area (Å²) in [7, 11) is 0. The number of anilines is 1. The van der Waals surface area contributed by atoms with Crippen molar-refractivity contribution in [1.29, 1.82) is 0 Å². The SMILES string of the molecule is O=C(Cl)[C@H]1CC(=O)N(c2cccc([N+](=O)[O-])c2)C1. The molecular weight excluding hydrogens is 260 g/mol. The van der Waals surface area contributed by atoms with Crippen molar-refractivity contribution < 1.29 is 14.5 Å². The summed E-state index contributed by atoms with van der Waals surface area (Å²) < 4.78 is 0. The molecule has 0 aliphatic carbocycles. The van der Waals surface area contributed by atoms with E-state index in [1.807, 2.05) is 0 Å². The molecular formula is C11H9ClN2O4. The number of halogens is 1. The minimum Gasteiger partial charge on any atom is -0.311 e. The maximum Gasteiger partial charge on any atom is 0.271 e. The molecule has 0 bridgehead atoms. The number of rotatable bonds is 3. The predicted molar refractivity (Wildman–Crippen MR) is 64.4 cm³/mol. The van der Waals surface area contributed by atoms with E-state index in [1.54, 1.807) is 6.07 Å². The third-order valence-corrected chi connectivity index (χ3v) is 3.11. The number of amides is 1. The summed E-state index contributed by atoms with van der Waals surface area (Å²) in [4.78, 5) is 34.2. The number of non-ortho nitro benzene ring substituents is 1. The van der Waals surface area contributed by atoms with Crippen molar-refractivity contribution >= 4 is 34.1 Å². The number of hydrogen-bond donors (Lipinski definition) is 0. The summed E-state index contributed by atoms with van der Waals surface area (Å²) in [5, 5.41) is 10.1. The van der Waals surface area contributed by atoms with Crippen LogP contribution in [0.2, 0.25) is 0 Å². The Bertz CT molecular complexity index is 532. The molecule has 0 N–H and O–H groups in total. The lowest BCUT2D eigenvalue weighted by molar-refractivity contribution is -0.384. The molecule has 0 saturated carbocycles. The molecule has 1 atom stereocenters. The molecule has 0 radical (unpaired) electrons. The fourth-order valence-electron chi connectivity index (χ4n) is 1.88. The van der Waals surface area contributed by atoms with Gasteiger partial charge in [0.25, 0.3) is 5.69 Å². The van der Waals surface area contributed by atoms with Gasteiger partial charge >= 0.3 is 0 Å². The average Bonchev–Trinajstić information content (AvgIpc) is 2.72. The van der Waals surface area contributed by atoms with Gasteiger partial charge in [-0.1, -0.05) is 6.07 Å². The van der Waals surface area contributed by atoms with Gasteiger partial charge in [-0.3, -0.25) is 19.7 Å². The highest BCUT2D eigenvalue weighted by Crippen LogP contribution is 2.28. The van der Waals surface area contributed by atoms with Gasteiger partial charge in [-0.15, -0.1) is 0 Å². The van der Waals surface area contributed by atoms with Gasteiger partial charge in [-0.05, 0) is 17.7 Å². The van der Waals surface area contributed by atoms with Crippen LogP contribution in [-0.4, -0.2) is 22.6 Å². The molecule has 1 aliphatic heterocycles. The molecule has 18 heavy (non-hydrogen) atoms. The first kappa shape index (κ1) is 12.5. The summed E-state index contributed by atoms with van der Waals surface area (Å²) in [5.74, 6) is -0.798. The second kappa shape index (κ2) is 4.73. The van der Waals surface area contributed by atoms with Gasteiger partial charge in [0.2, 0.25) is 11.1 Å². The quantitative estimate of drug-likeness (QED) is 0.475. The van der Waals surface area contributed by atoms with Crippen LogP contribution in [0.25, 0.3) is 0 Å². The van der Waals surface area contributed by atoms with Gasteiger partial charge < -0.3 is 4.90 Å². The summed E-state index contributed by atoms with van der Waals surface area (Å²) >= 11 is 5.36. The van der Waals surface area contributed by atoms with Gasteiger partial charge in [-0.2, -0.15) is 0 Å². The van der Waals surface area contributed by atoms with Crippen molar-refractivity contribution in [3.63, 3.8) is 0 Å². The van der Waals surface area contributed by atoms with Crippen molar-refractivity contribution in [1.82, 2.24) is 0 Å². The maximum atomic E-state index is 11.7. The average molecular weight is 269 g/mol. The lowest BCUT2D eigenvalue weighted by Gasteiger charge is -2.15. The lowest BCUT2D eigenvalue weighted by atomic mass is 10.1. The summed E-state index contributed by atoms with van der Waals surface area (Å²) in [6.07, 6.45) is 0.0467. The minimum absolute atomic E-state index is 0.0467. The van der Waals surface area contributed by atoms with Crippen LogP contribution < -0.4 is 4.90 Å². The number of nitrogens with zero attached hydrogens (tertiary/aromatic N) is 2. The molecule has 0 spiro atoms. The largest absolute Gasteiger partial charge is 0.311 e. The minimum atomic E-state index is -0.559. The summed E-state index contributed by atoms with van der Waals surface area (Å²) in [5.41, 5.74) is 0.315. The smallest absolute Gasteiger partial charge is 0.271 e. The Hall–Kier alpha value is -1.95. The van der Waals surface area contributed by atoms with E-state index in [0.717, 1.165) is 0 Å². The van der Waals surface area contributed by atoms with Crippen LogP contribution in [-0.2, 0) is 9.59 Å². The maximum absolute atomic E-state index is 11.7. The van der Waals surface area contributed by atoms with Crippen molar-refractivity contribution in [3.8, 4) is 0 Å². The molecule has 1 fully saturated rings. The number of benzene rings is 1. The molecule has 0 aromatic heterocycles. The Balaban J connectivity index is 2.27. The fraction of sp³-hybridized carbons (Fsp3) is 0.273. The van der Waals surface area contributed by atoms with Crippen molar-refractivity contribution in [3.05, 3.63) is 34.4 Å². The van der Waals surface area contributed by atoms with Crippen LogP contribution in [0.4, 0.5) is 11.4 Å². The third kappa shape index (κ3) is 2.33. The van der Waals surface area contributed by atoms with E-state index in [1.165, 1.54) is 23.1 Å². The van der Waals surface area contributed by atoms with E-state index in [-0.39, 0.29) is 24.6 Å². The molecule has 1 amide bonds. The molecule has 7 heteroatoms. The Labute approximate surface area is 107 Å². The number of carbonyl (C=O) groups excluding carboxylic acids is 2. The molecule has 1 aromatic carbocycles. The summed E-state index contributed by atoms with van der Waals surface area (Å²) in [6, 6.07) is 5.73. The van der Waals surface area contributed by atoms with E-state index in [4.69, 9.17) is 11.6 Å². The highest BCUT2D eigenvalue weighted by molar-refractivity contribution is 6.64. The van der Waals surface area contributed by atoms with E-state index in [9.17, 15) is 19.7 Å². The second-order valence-corrected chi connectivity index (χ2v) is 4.36. The Morgan fingerprint density at radius 2 is 2.22 bits per heavy atom. The fourth-order valence-corrected chi connectivity index (χ4v) is 2.03. The highest BCUT2D eigenvalue weighted by Gasteiger charge is 2.34. The number of hydrogen-bond acceptors (Lipinski definition) is 4. The van der Waals surface area contributed by atoms with Gasteiger partial charge in [0.15, 0.2) is 0 Å². The monoisotopic (exact) mass is 268 g/mol. The third-order valence-electron chi connectivity index (χ3n) is 2.80. The molecule has 1 heterocycles. The lowest BCUT2D eigenvalue weighted by Crippen LogP contribution is -2.25. The van der Waals surface area contributed by atoms with E-state index >= 15 is 0 Å². The Morgan fingerprint density at radius 1 is 1.50 bits per heavy atom. The Morgan fingerprint density at radius 3 is 2.78 bits per heavy atom. The normalized spacial score (nSPS) is 19.1. The number of carbonyl (C=O) groups is 2. The van der Waals surface area contributed by atoms with Crippen molar-refractivity contribution in [2.24, 2.45) is 5.92 Å². The first-order chi connectivity index (χ1) is 8.49. The first-order valence-electron chi connectivity index (χ1n) is 5.23. The van der Waals surface area contributed by atoms with E-state index in [0.29, 0.717) is 5.69 Å².